The first-order chi connectivity index (χ1) is 17.7. The van der Waals surface area contributed by atoms with Gasteiger partial charge in [-0.2, -0.15) is 0 Å². The molecule has 0 aromatic rings. The van der Waals surface area contributed by atoms with Crippen molar-refractivity contribution >= 4 is 0 Å². The Labute approximate surface area is 228 Å². The molecule has 0 heterocycles. The lowest BCUT2D eigenvalue weighted by atomic mass is 9.87. The molecule has 0 fully saturated rings. The van der Waals surface area contributed by atoms with Crippen molar-refractivity contribution in [2.75, 3.05) is 6.61 Å². The summed E-state index contributed by atoms with van der Waals surface area (Å²) in [6.07, 6.45) is 35.3. The summed E-state index contributed by atoms with van der Waals surface area (Å²) in [6, 6.07) is 0. The Balaban J connectivity index is 3.61. The van der Waals surface area contributed by atoms with E-state index in [9.17, 15) is 10.2 Å². The summed E-state index contributed by atoms with van der Waals surface area (Å²) in [4.78, 5) is 0. The summed E-state index contributed by atoms with van der Waals surface area (Å²) in [6.45, 7) is 7.21. The first kappa shape index (κ1) is 35.9. The Kier molecular flexibility index (Phi) is 29.4. The number of unbranched alkanes of at least 4 members (excludes halogenated alkanes) is 18. The van der Waals surface area contributed by atoms with Gasteiger partial charge in [0.15, 0.2) is 0 Å². The van der Waals surface area contributed by atoms with Crippen molar-refractivity contribution in [2.24, 2.45) is 11.8 Å². The van der Waals surface area contributed by atoms with Crippen LogP contribution in [-0.2, 0) is 0 Å². The average molecular weight is 511 g/mol. The minimum absolute atomic E-state index is 0.0632. The topological polar surface area (TPSA) is 40.5 Å². The van der Waals surface area contributed by atoms with E-state index < -0.39 is 0 Å². The highest BCUT2D eigenvalue weighted by atomic mass is 16.3. The molecule has 2 N–H and O–H groups in total. The Hall–Kier alpha value is -0.0800. The summed E-state index contributed by atoms with van der Waals surface area (Å²) in [5.74, 6) is 1.09. The highest BCUT2D eigenvalue weighted by Crippen LogP contribution is 2.25. The molecule has 0 radical (unpaired) electrons. The van der Waals surface area contributed by atoms with Crippen molar-refractivity contribution in [1.29, 1.82) is 0 Å². The number of rotatable bonds is 30. The molecule has 36 heavy (non-hydrogen) atoms. The van der Waals surface area contributed by atoms with E-state index in [0.717, 1.165) is 6.42 Å². The van der Waals surface area contributed by atoms with Gasteiger partial charge < -0.3 is 10.2 Å². The van der Waals surface area contributed by atoms with Crippen LogP contribution in [0.2, 0.25) is 0 Å². The van der Waals surface area contributed by atoms with Gasteiger partial charge in [0.2, 0.25) is 0 Å². The Morgan fingerprint density at radius 3 is 1.17 bits per heavy atom. The van der Waals surface area contributed by atoms with Gasteiger partial charge in [-0.25, -0.2) is 0 Å². The maximum atomic E-state index is 10.8. The van der Waals surface area contributed by atoms with E-state index in [1.165, 1.54) is 167 Å². The fourth-order valence-electron chi connectivity index (χ4n) is 5.81. The zero-order chi connectivity index (χ0) is 26.5. The van der Waals surface area contributed by atoms with Gasteiger partial charge in [0.05, 0.1) is 6.10 Å². The van der Waals surface area contributed by atoms with E-state index in [0.29, 0.717) is 18.4 Å². The monoisotopic (exact) mass is 511 g/mol. The standard InChI is InChI=1S/C34H70O2/c1-4-7-10-12-16-19-22-26-32(31-35)27-23-20-17-14-13-15-18-21-25-30-34(36)33(28-9-6-3)29-24-11-8-5-2/h32-36H,4-31H2,1-3H3. The lowest BCUT2D eigenvalue weighted by Gasteiger charge is -2.23. The third-order valence-corrected chi connectivity index (χ3v) is 8.49. The van der Waals surface area contributed by atoms with E-state index in [1.54, 1.807) is 0 Å². The van der Waals surface area contributed by atoms with Gasteiger partial charge >= 0.3 is 0 Å². The van der Waals surface area contributed by atoms with Gasteiger partial charge in [0.25, 0.3) is 0 Å². The van der Waals surface area contributed by atoms with Gasteiger partial charge in [0, 0.05) is 6.61 Å². The average Bonchev–Trinajstić information content (AvgIpc) is 2.89. The Morgan fingerprint density at radius 1 is 0.389 bits per heavy atom. The van der Waals surface area contributed by atoms with Crippen molar-refractivity contribution in [3.05, 3.63) is 0 Å². The molecular formula is C34H70O2. The van der Waals surface area contributed by atoms with Crippen molar-refractivity contribution in [2.45, 2.75) is 200 Å². The maximum absolute atomic E-state index is 10.8. The molecule has 2 nitrogen and oxygen atoms in total. The second-order valence-electron chi connectivity index (χ2n) is 12.0. The lowest BCUT2D eigenvalue weighted by molar-refractivity contribution is 0.0833. The van der Waals surface area contributed by atoms with Crippen LogP contribution in [0.1, 0.15) is 194 Å². The predicted octanol–water partition coefficient (Wildman–Crippen LogP) is 11.2. The summed E-state index contributed by atoms with van der Waals surface area (Å²) in [5.41, 5.74) is 0. The molecule has 3 unspecified atom stereocenters. The van der Waals surface area contributed by atoms with E-state index in [-0.39, 0.29) is 6.10 Å². The maximum Gasteiger partial charge on any atom is 0.0568 e. The summed E-state index contributed by atoms with van der Waals surface area (Å²) >= 11 is 0. The van der Waals surface area contributed by atoms with E-state index >= 15 is 0 Å². The van der Waals surface area contributed by atoms with Crippen LogP contribution in [0.5, 0.6) is 0 Å². The van der Waals surface area contributed by atoms with E-state index in [1.807, 2.05) is 0 Å². The molecule has 0 aliphatic heterocycles. The SMILES string of the molecule is CCCCCCCCCC(CO)CCCCCCCCCCCC(O)C(CCCC)CCCCCC. The fourth-order valence-corrected chi connectivity index (χ4v) is 5.81. The molecule has 0 aliphatic rings. The zero-order valence-electron chi connectivity index (χ0n) is 25.4. The molecule has 0 bridgehead atoms. The number of hydrogen-bond donors (Lipinski definition) is 2. The normalized spacial score (nSPS) is 14.2. The third kappa shape index (κ3) is 24.3. The molecule has 0 aliphatic carbocycles. The quantitative estimate of drug-likeness (QED) is 0.0943. The van der Waals surface area contributed by atoms with Crippen LogP contribution in [0.3, 0.4) is 0 Å². The minimum Gasteiger partial charge on any atom is -0.396 e. The first-order valence-corrected chi connectivity index (χ1v) is 17.0. The predicted molar refractivity (Wildman–Crippen MR) is 162 cm³/mol. The van der Waals surface area contributed by atoms with Crippen LogP contribution in [-0.4, -0.2) is 22.9 Å². The van der Waals surface area contributed by atoms with Gasteiger partial charge in [-0.3, -0.25) is 0 Å². The largest absolute Gasteiger partial charge is 0.396 e. The highest BCUT2D eigenvalue weighted by Gasteiger charge is 2.18. The van der Waals surface area contributed by atoms with Crippen LogP contribution in [0.15, 0.2) is 0 Å². The molecule has 0 aromatic carbocycles. The summed E-state index contributed by atoms with van der Waals surface area (Å²) in [5, 5.41) is 20.4. The third-order valence-electron chi connectivity index (χ3n) is 8.49. The molecule has 0 amide bonds. The molecule has 0 saturated carbocycles. The highest BCUT2D eigenvalue weighted by molar-refractivity contribution is 4.70. The molecule has 0 rings (SSSR count). The van der Waals surface area contributed by atoms with Crippen LogP contribution in [0.4, 0.5) is 0 Å². The smallest absolute Gasteiger partial charge is 0.0568 e. The molecule has 0 aromatic heterocycles. The molecule has 0 spiro atoms. The van der Waals surface area contributed by atoms with Crippen LogP contribution < -0.4 is 0 Å². The van der Waals surface area contributed by atoms with Crippen LogP contribution >= 0.6 is 0 Å². The molecule has 2 heteroatoms. The molecular weight excluding hydrogens is 440 g/mol. The van der Waals surface area contributed by atoms with Crippen LogP contribution in [0.25, 0.3) is 0 Å². The van der Waals surface area contributed by atoms with Gasteiger partial charge in [-0.15, -0.1) is 0 Å². The Bertz CT molecular complexity index is 397. The van der Waals surface area contributed by atoms with Crippen molar-refractivity contribution in [3.63, 3.8) is 0 Å². The van der Waals surface area contributed by atoms with Crippen molar-refractivity contribution < 1.29 is 10.2 Å². The fraction of sp³-hybridized carbons (Fsp3) is 1.00. The minimum atomic E-state index is -0.0632. The lowest BCUT2D eigenvalue weighted by Crippen LogP contribution is -2.20. The van der Waals surface area contributed by atoms with Gasteiger partial charge in [-0.1, -0.05) is 162 Å². The van der Waals surface area contributed by atoms with E-state index in [4.69, 9.17) is 0 Å². The number of hydrogen-bond acceptors (Lipinski definition) is 2. The molecule has 0 saturated heterocycles. The summed E-state index contributed by atoms with van der Waals surface area (Å²) < 4.78 is 0. The second kappa shape index (κ2) is 29.5. The van der Waals surface area contributed by atoms with Gasteiger partial charge in [-0.05, 0) is 43.9 Å². The van der Waals surface area contributed by atoms with E-state index in [2.05, 4.69) is 20.8 Å². The van der Waals surface area contributed by atoms with Crippen LogP contribution in [0, 0.1) is 11.8 Å². The van der Waals surface area contributed by atoms with Crippen molar-refractivity contribution in [3.8, 4) is 0 Å². The Morgan fingerprint density at radius 2 is 0.722 bits per heavy atom. The van der Waals surface area contributed by atoms with Gasteiger partial charge in [0.1, 0.15) is 0 Å². The zero-order valence-corrected chi connectivity index (χ0v) is 25.4. The first-order valence-electron chi connectivity index (χ1n) is 17.0. The van der Waals surface area contributed by atoms with Crippen molar-refractivity contribution in [1.82, 2.24) is 0 Å². The second-order valence-corrected chi connectivity index (χ2v) is 12.0. The molecule has 218 valence electrons. The summed E-state index contributed by atoms with van der Waals surface area (Å²) in [7, 11) is 0. The number of aliphatic hydroxyl groups excluding tert-OH is 2. The molecule has 3 atom stereocenters. The number of aliphatic hydroxyl groups is 2.